The molecule has 0 spiro atoms. The van der Waals surface area contributed by atoms with Gasteiger partial charge in [0.1, 0.15) is 0 Å². The second kappa shape index (κ2) is 9.97. The van der Waals surface area contributed by atoms with E-state index in [-0.39, 0.29) is 89.8 Å². The van der Waals surface area contributed by atoms with Crippen LogP contribution in [0.2, 0.25) is 0 Å². The summed E-state index contributed by atoms with van der Waals surface area (Å²) in [5.41, 5.74) is -0.350. The summed E-state index contributed by atoms with van der Waals surface area (Å²) in [7, 11) is 7.47. The number of fused-ring (bicyclic) bond motifs is 14. The van der Waals surface area contributed by atoms with Crippen molar-refractivity contribution in [3.63, 3.8) is 0 Å². The third-order valence-corrected chi connectivity index (χ3v) is 16.6. The Balaban J connectivity index is 1.49. The van der Waals surface area contributed by atoms with Gasteiger partial charge in [0, 0.05) is 0 Å². The molecular formula is C32H8ClF8InN8. The molecule has 242 valence electrons. The minimum atomic E-state index is -4.61. The average molecular weight is 807 g/mol. The van der Waals surface area contributed by atoms with Crippen molar-refractivity contribution < 1.29 is 35.1 Å². The molecule has 50 heavy (non-hydrogen) atoms. The second-order valence-corrected chi connectivity index (χ2v) is 18.9. The summed E-state index contributed by atoms with van der Waals surface area (Å²) in [6.45, 7) is 0. The van der Waals surface area contributed by atoms with Gasteiger partial charge in [-0.3, -0.25) is 0 Å². The van der Waals surface area contributed by atoms with Crippen molar-refractivity contribution in [2.24, 2.45) is 30.0 Å². The molecule has 0 atom stereocenters. The summed E-state index contributed by atoms with van der Waals surface area (Å²) in [4.78, 5) is 27.4. The number of aromatic nitrogens is 2. The Hall–Kier alpha value is -5.16. The SMILES string of the molecule is Fc1cc2c(cc1F)C1=Nc3c4cc(F)c(F)cc4c4[n]3[In]([Cl])[n]3c(c5cc(F)c(F)cc5c3=NC3=NC(=N4)c4cc(F)c(F)cc43)=NC2=N1. The standard InChI is InChI=1S/C32H8F8N8.ClH.In/c33-17-1-9-10(2-18(17)34)26-41-25(9)45-27-11-3-19(35)20(36)4-12(11)29(42-27)47-31-15-7-23(39)24(40)8-16(15)32(44-31)48-30-14-6-22(38)21(37)5-13(14)28(43-30)46-26;;/h1-8H;1H;/q-2;;+3/p-1. The van der Waals surface area contributed by atoms with Crippen LogP contribution < -0.4 is 11.0 Å². The number of benzene rings is 4. The topological polar surface area (TPSA) is 84.0 Å². The molecule has 0 fully saturated rings. The van der Waals surface area contributed by atoms with Crippen molar-refractivity contribution in [3.05, 3.63) is 128 Å². The fourth-order valence-corrected chi connectivity index (χ4v) is 14.2. The van der Waals surface area contributed by atoms with Gasteiger partial charge >= 0.3 is 284 Å². The van der Waals surface area contributed by atoms with Gasteiger partial charge in [-0.15, -0.1) is 0 Å². The van der Waals surface area contributed by atoms with E-state index in [9.17, 15) is 35.1 Å². The summed E-state index contributed by atoms with van der Waals surface area (Å²) < 4.78 is 121. The van der Waals surface area contributed by atoms with Crippen LogP contribution in [0.5, 0.6) is 0 Å². The van der Waals surface area contributed by atoms with Crippen LogP contribution in [0.1, 0.15) is 22.3 Å². The van der Waals surface area contributed by atoms with Crippen LogP contribution in [0.25, 0.3) is 21.5 Å². The van der Waals surface area contributed by atoms with Crippen LogP contribution >= 0.6 is 8.58 Å². The fraction of sp³-hybridized carbons (Fsp3) is 0. The Morgan fingerprint density at radius 1 is 0.380 bits per heavy atom. The van der Waals surface area contributed by atoms with Crippen molar-refractivity contribution in [1.29, 1.82) is 0 Å². The van der Waals surface area contributed by atoms with Crippen molar-refractivity contribution in [1.82, 2.24) is 5.11 Å². The van der Waals surface area contributed by atoms with Gasteiger partial charge in [-0.25, -0.2) is 0 Å². The average Bonchev–Trinajstić information content (AvgIpc) is 3.74. The molecule has 4 aromatic carbocycles. The summed E-state index contributed by atoms with van der Waals surface area (Å²) >= 11 is -4.61. The van der Waals surface area contributed by atoms with Crippen LogP contribution in [0.15, 0.2) is 78.5 Å². The molecule has 0 aliphatic carbocycles. The molecular weight excluding hydrogens is 799 g/mol. The summed E-state index contributed by atoms with van der Waals surface area (Å²) in [6.07, 6.45) is 0. The summed E-state index contributed by atoms with van der Waals surface area (Å²) in [6, 6.07) is 6.73. The van der Waals surface area contributed by atoms with E-state index in [2.05, 4.69) is 30.0 Å². The van der Waals surface area contributed by atoms with E-state index < -0.39 is 67.4 Å². The first-order valence-electron chi connectivity index (χ1n) is 14.4. The van der Waals surface area contributed by atoms with Crippen molar-refractivity contribution in [2.45, 2.75) is 0 Å². The Bertz CT molecular complexity index is 2760. The predicted octanol–water partition coefficient (Wildman–Crippen LogP) is 6.27. The van der Waals surface area contributed by atoms with Gasteiger partial charge in [-0.05, 0) is 0 Å². The predicted molar refractivity (Wildman–Crippen MR) is 167 cm³/mol. The molecule has 0 N–H and O–H groups in total. The van der Waals surface area contributed by atoms with Crippen LogP contribution in [0.4, 0.5) is 46.8 Å². The molecule has 2 aromatic heterocycles. The Labute approximate surface area is 283 Å². The van der Waals surface area contributed by atoms with Gasteiger partial charge in [0.25, 0.3) is 0 Å². The number of nitrogens with zero attached hydrogens (tertiary/aromatic N) is 8. The van der Waals surface area contributed by atoms with E-state index in [0.29, 0.717) is 0 Å². The molecule has 10 rings (SSSR count). The van der Waals surface area contributed by atoms with E-state index >= 15 is 0 Å². The van der Waals surface area contributed by atoms with E-state index in [1.165, 1.54) is 5.11 Å². The quantitative estimate of drug-likeness (QED) is 0.162. The molecule has 6 heterocycles. The Morgan fingerprint density at radius 3 is 1.04 bits per heavy atom. The molecule has 18 heteroatoms. The number of hydrogen-bond acceptors (Lipinski definition) is 6. The Kier molecular flexibility index (Phi) is 5.93. The fourth-order valence-electron chi connectivity index (χ4n) is 6.55. The Morgan fingerprint density at radius 2 is 0.680 bits per heavy atom. The molecule has 0 saturated heterocycles. The van der Waals surface area contributed by atoms with E-state index in [4.69, 9.17) is 8.58 Å². The first-order valence-corrected chi connectivity index (χ1v) is 21.6. The van der Waals surface area contributed by atoms with Gasteiger partial charge in [0.2, 0.25) is 0 Å². The van der Waals surface area contributed by atoms with Crippen LogP contribution in [-0.4, -0.2) is 49.3 Å². The van der Waals surface area contributed by atoms with Crippen molar-refractivity contribution in [2.75, 3.05) is 0 Å². The normalized spacial score (nSPS) is 15.3. The van der Waals surface area contributed by atoms with Gasteiger partial charge in [-0.2, -0.15) is 0 Å². The zero-order chi connectivity index (χ0) is 34.5. The second-order valence-electron chi connectivity index (χ2n) is 11.6. The molecule has 4 aliphatic rings. The van der Waals surface area contributed by atoms with Crippen molar-refractivity contribution in [3.8, 4) is 0 Å². The number of halogens is 9. The van der Waals surface area contributed by atoms with Crippen LogP contribution in [0, 0.1) is 46.5 Å². The van der Waals surface area contributed by atoms with E-state index in [0.717, 1.165) is 48.5 Å². The zero-order valence-corrected chi connectivity index (χ0v) is 28.2. The molecule has 6 aromatic rings. The maximum absolute atomic E-state index is 15.0. The van der Waals surface area contributed by atoms with Gasteiger partial charge in [-0.1, -0.05) is 0 Å². The third kappa shape index (κ3) is 3.89. The van der Waals surface area contributed by atoms with E-state index in [1.807, 2.05) is 0 Å². The number of amidine groups is 4. The molecule has 0 radical (unpaired) electrons. The zero-order valence-electron chi connectivity index (χ0n) is 24.2. The van der Waals surface area contributed by atoms with Gasteiger partial charge in [0.15, 0.2) is 0 Å². The van der Waals surface area contributed by atoms with Crippen LogP contribution in [-0.2, 0) is 0 Å². The molecule has 0 amide bonds. The maximum atomic E-state index is 15.0. The molecule has 4 aliphatic heterocycles. The van der Waals surface area contributed by atoms with Gasteiger partial charge in [0.05, 0.1) is 0 Å². The third-order valence-electron chi connectivity index (χ3n) is 8.78. The minimum absolute atomic E-state index is 0.0212. The van der Waals surface area contributed by atoms with Gasteiger partial charge < -0.3 is 0 Å². The van der Waals surface area contributed by atoms with Crippen LogP contribution in [0.3, 0.4) is 0 Å². The molecule has 0 unspecified atom stereocenters. The van der Waals surface area contributed by atoms with E-state index in [1.54, 1.807) is 0 Å². The summed E-state index contributed by atoms with van der Waals surface area (Å²) in [5, 5.41) is -0.151. The molecule has 0 saturated carbocycles. The van der Waals surface area contributed by atoms with Crippen molar-refractivity contribution >= 4 is 85.9 Å². The summed E-state index contributed by atoms with van der Waals surface area (Å²) in [5.74, 6) is -11.2. The number of hydrogen-bond donors (Lipinski definition) is 0. The molecule has 6 bridgehead atoms. The first kappa shape index (κ1) is 29.7. The number of rotatable bonds is 0. The number of aliphatic imine (C=N–C) groups is 4. The molecule has 8 nitrogen and oxygen atoms in total. The monoisotopic (exact) mass is 806 g/mol. The first-order chi connectivity index (χ1) is 24.0.